The third-order valence-corrected chi connectivity index (χ3v) is 5.54. The molecule has 2 rings (SSSR count). The van der Waals surface area contributed by atoms with Crippen molar-refractivity contribution < 1.29 is 28.8 Å². The minimum atomic E-state index is -0.432. The summed E-state index contributed by atoms with van der Waals surface area (Å²) in [6.07, 6.45) is 1.09. The van der Waals surface area contributed by atoms with Gasteiger partial charge in [0.15, 0.2) is 17.3 Å². The summed E-state index contributed by atoms with van der Waals surface area (Å²) in [5, 5.41) is 5.17. The minimum absolute atomic E-state index is 0.0122. The first-order valence-electron chi connectivity index (χ1n) is 13.3. The number of hydrogen-bond donors (Lipinski definition) is 2. The summed E-state index contributed by atoms with van der Waals surface area (Å²) in [6, 6.07) is 14.0. The molecule has 2 aromatic rings. The topological polar surface area (TPSA) is 126 Å². The molecule has 2 atom stereocenters. The van der Waals surface area contributed by atoms with E-state index in [0.29, 0.717) is 18.4 Å². The number of hydrogen-bond acceptors (Lipinski definition) is 6. The highest BCUT2D eigenvalue weighted by molar-refractivity contribution is 5.97. The van der Waals surface area contributed by atoms with E-state index in [1.54, 1.807) is 46.8 Å². The van der Waals surface area contributed by atoms with Crippen molar-refractivity contribution in [3.63, 3.8) is 0 Å². The quantitative estimate of drug-likeness (QED) is 0.422. The van der Waals surface area contributed by atoms with Crippen LogP contribution < -0.4 is 10.6 Å². The second kappa shape index (κ2) is 21.0. The maximum Gasteiger partial charge on any atom is 0.251 e. The van der Waals surface area contributed by atoms with Gasteiger partial charge in [0.2, 0.25) is 5.91 Å². The summed E-state index contributed by atoms with van der Waals surface area (Å²) in [6.45, 7) is 17.0. The first-order valence-corrected chi connectivity index (χ1v) is 13.3. The van der Waals surface area contributed by atoms with E-state index >= 15 is 0 Å². The largest absolute Gasteiger partial charge is 0.347 e. The Balaban J connectivity index is 0. The third kappa shape index (κ3) is 19.2. The molecule has 0 spiro atoms. The van der Waals surface area contributed by atoms with E-state index < -0.39 is 6.04 Å². The lowest BCUT2D eigenvalue weighted by atomic mass is 10.1. The Morgan fingerprint density at radius 2 is 0.950 bits per heavy atom. The lowest BCUT2D eigenvalue weighted by Crippen LogP contribution is -2.37. The number of carbonyl (C=O) groups excluding carboxylic acids is 6. The average Bonchev–Trinajstić information content (AvgIpc) is 2.90. The summed E-state index contributed by atoms with van der Waals surface area (Å²) >= 11 is 0. The molecule has 2 unspecified atom stereocenters. The Morgan fingerprint density at radius 1 is 0.600 bits per heavy atom. The van der Waals surface area contributed by atoms with E-state index in [9.17, 15) is 28.8 Å². The van der Waals surface area contributed by atoms with Gasteiger partial charge in [-0.05, 0) is 67.5 Å². The van der Waals surface area contributed by atoms with Crippen LogP contribution >= 0.6 is 0 Å². The van der Waals surface area contributed by atoms with Crippen LogP contribution in [0.1, 0.15) is 100 Å². The van der Waals surface area contributed by atoms with Gasteiger partial charge >= 0.3 is 0 Å². The standard InChI is InChI=1S/C12H15NO2.C9H10O.C7H13NO2.C4H8O/c1-8-4-6-11(7-5-8)12(15)13-9(2)10(3)14;1-7-3-5-9(6-4-7)8(2)10;1-4-7(10)8-5(2)6(3)9;1-3-4(2)5/h4-7,9H,1-3H3,(H,13,15);3-6H,1-2H3;5H,4H2,1-3H3,(H,8,10);3H2,1-2H3. The van der Waals surface area contributed by atoms with Gasteiger partial charge in [-0.25, -0.2) is 0 Å². The second-order valence-corrected chi connectivity index (χ2v) is 9.40. The molecule has 0 aliphatic rings. The smallest absolute Gasteiger partial charge is 0.251 e. The van der Waals surface area contributed by atoms with Crippen molar-refractivity contribution in [3.05, 3.63) is 70.8 Å². The van der Waals surface area contributed by atoms with E-state index in [2.05, 4.69) is 10.6 Å². The van der Waals surface area contributed by atoms with Crippen molar-refractivity contribution in [2.45, 2.75) is 94.2 Å². The molecule has 0 fully saturated rings. The molecule has 8 nitrogen and oxygen atoms in total. The molecule has 2 N–H and O–H groups in total. The number of nitrogens with one attached hydrogen (secondary N) is 2. The van der Waals surface area contributed by atoms with E-state index in [1.807, 2.05) is 57.2 Å². The maximum atomic E-state index is 11.6. The Kier molecular flexibility index (Phi) is 20.0. The second-order valence-electron chi connectivity index (χ2n) is 9.40. The first kappa shape index (κ1) is 38.2. The van der Waals surface area contributed by atoms with Gasteiger partial charge < -0.3 is 15.4 Å². The molecule has 0 saturated carbocycles. The average molecular weight is 555 g/mol. The molecule has 0 aliphatic heterocycles. The number of aryl methyl sites for hydroxylation is 2. The van der Waals surface area contributed by atoms with Crippen LogP contribution in [-0.4, -0.2) is 47.0 Å². The molecule has 2 amide bonds. The summed E-state index contributed by atoms with van der Waals surface area (Å²) in [4.78, 5) is 64.4. The van der Waals surface area contributed by atoms with Gasteiger partial charge in [-0.1, -0.05) is 61.4 Å². The molecule has 2 aromatic carbocycles. The summed E-state index contributed by atoms with van der Waals surface area (Å²) in [5.74, 6) is 0.0302. The number of ketones is 4. The zero-order valence-corrected chi connectivity index (χ0v) is 25.6. The van der Waals surface area contributed by atoms with Crippen LogP contribution in [0.5, 0.6) is 0 Å². The zero-order chi connectivity index (χ0) is 31.4. The molecule has 0 radical (unpaired) electrons. The summed E-state index contributed by atoms with van der Waals surface area (Å²) in [5.41, 5.74) is 3.65. The fourth-order valence-corrected chi connectivity index (χ4v) is 2.32. The van der Waals surface area contributed by atoms with Crippen LogP contribution in [0.25, 0.3) is 0 Å². The highest BCUT2D eigenvalue weighted by Crippen LogP contribution is 2.04. The van der Waals surface area contributed by atoms with Gasteiger partial charge in [0, 0.05) is 24.0 Å². The van der Waals surface area contributed by atoms with Crippen LogP contribution in [0, 0.1) is 13.8 Å². The highest BCUT2D eigenvalue weighted by Gasteiger charge is 2.12. The van der Waals surface area contributed by atoms with E-state index in [-0.39, 0.29) is 41.0 Å². The van der Waals surface area contributed by atoms with Crippen molar-refractivity contribution in [3.8, 4) is 0 Å². The van der Waals surface area contributed by atoms with E-state index in [1.165, 1.54) is 19.4 Å². The SMILES string of the molecule is CC(=O)C(C)NC(=O)c1ccc(C)cc1.CC(=O)c1ccc(C)cc1.CCC(=O)NC(C)C(C)=O.CCC(C)=O. The Bertz CT molecular complexity index is 1110. The van der Waals surface area contributed by atoms with Crippen LogP contribution in [0.2, 0.25) is 0 Å². The minimum Gasteiger partial charge on any atom is -0.347 e. The molecule has 0 heterocycles. The highest BCUT2D eigenvalue weighted by atomic mass is 16.2. The molecular weight excluding hydrogens is 508 g/mol. The van der Waals surface area contributed by atoms with Crippen LogP contribution in [0.4, 0.5) is 0 Å². The number of amides is 2. The monoisotopic (exact) mass is 554 g/mol. The molecule has 0 aliphatic carbocycles. The summed E-state index contributed by atoms with van der Waals surface area (Å²) < 4.78 is 0. The van der Waals surface area contributed by atoms with Crippen molar-refractivity contribution in [1.82, 2.24) is 10.6 Å². The van der Waals surface area contributed by atoms with Gasteiger partial charge in [0.1, 0.15) is 5.78 Å². The normalized spacial score (nSPS) is 10.8. The molecular formula is C32H46N2O6. The molecule has 0 aromatic heterocycles. The summed E-state index contributed by atoms with van der Waals surface area (Å²) in [7, 11) is 0. The number of benzene rings is 2. The molecule has 0 bridgehead atoms. The van der Waals surface area contributed by atoms with Gasteiger partial charge in [0.25, 0.3) is 5.91 Å². The van der Waals surface area contributed by atoms with Gasteiger partial charge in [-0.2, -0.15) is 0 Å². The van der Waals surface area contributed by atoms with Crippen molar-refractivity contribution in [2.24, 2.45) is 0 Å². The Morgan fingerprint density at radius 3 is 1.25 bits per heavy atom. The van der Waals surface area contributed by atoms with Gasteiger partial charge in [0.05, 0.1) is 12.1 Å². The Hall–Kier alpha value is -3.94. The lowest BCUT2D eigenvalue weighted by Gasteiger charge is -2.10. The first-order chi connectivity index (χ1) is 18.5. The number of Topliss-reactive ketones (excluding diaryl/α,β-unsaturated/α-hetero) is 4. The van der Waals surface area contributed by atoms with Crippen LogP contribution in [0.15, 0.2) is 48.5 Å². The van der Waals surface area contributed by atoms with Crippen molar-refractivity contribution in [1.29, 1.82) is 0 Å². The van der Waals surface area contributed by atoms with E-state index in [4.69, 9.17) is 0 Å². The van der Waals surface area contributed by atoms with Gasteiger partial charge in [-0.3, -0.25) is 24.0 Å². The maximum absolute atomic E-state index is 11.6. The fraction of sp³-hybridized carbons (Fsp3) is 0.438. The van der Waals surface area contributed by atoms with Crippen molar-refractivity contribution >= 4 is 34.9 Å². The molecule has 40 heavy (non-hydrogen) atoms. The van der Waals surface area contributed by atoms with Crippen LogP contribution in [0.3, 0.4) is 0 Å². The number of rotatable bonds is 8. The zero-order valence-electron chi connectivity index (χ0n) is 25.6. The van der Waals surface area contributed by atoms with Crippen molar-refractivity contribution in [2.75, 3.05) is 0 Å². The predicted octanol–water partition coefficient (Wildman–Crippen LogP) is 5.38. The molecule has 8 heteroatoms. The predicted molar refractivity (Wildman–Crippen MR) is 160 cm³/mol. The van der Waals surface area contributed by atoms with E-state index in [0.717, 1.165) is 11.1 Å². The van der Waals surface area contributed by atoms with Crippen LogP contribution in [-0.2, 0) is 19.2 Å². The molecule has 220 valence electrons. The Labute approximate surface area is 239 Å². The molecule has 0 saturated heterocycles. The fourth-order valence-electron chi connectivity index (χ4n) is 2.32. The third-order valence-electron chi connectivity index (χ3n) is 5.54. The number of carbonyl (C=O) groups is 6. The lowest BCUT2D eigenvalue weighted by molar-refractivity contribution is -0.126. The van der Waals surface area contributed by atoms with Gasteiger partial charge in [-0.15, -0.1) is 0 Å².